The van der Waals surface area contributed by atoms with E-state index < -0.39 is 5.97 Å². The second-order valence-corrected chi connectivity index (χ2v) is 12.2. The Morgan fingerprint density at radius 2 is 0.683 bits per heavy atom. The van der Waals surface area contributed by atoms with Crippen LogP contribution in [0.4, 0.5) is 0 Å². The summed E-state index contributed by atoms with van der Waals surface area (Å²) in [4.78, 5) is 22.3. The molecule has 1 N–H and O–H groups in total. The molecule has 0 fully saturated rings. The fourth-order valence-electron chi connectivity index (χ4n) is 5.64. The minimum Gasteiger partial charge on any atom is -0.481 e. The van der Waals surface area contributed by atoms with E-state index in [2.05, 4.69) is 0 Å². The van der Waals surface area contributed by atoms with Gasteiger partial charge >= 0.3 is 11.9 Å². The van der Waals surface area contributed by atoms with Crippen molar-refractivity contribution in [2.24, 2.45) is 0 Å². The third kappa shape index (κ3) is 28.1. The number of para-hydroxylation sites is 1. The molecule has 0 aliphatic carbocycles. The molecule has 0 amide bonds. The molecule has 0 atom stereocenters. The summed E-state index contributed by atoms with van der Waals surface area (Å²) in [6.45, 7) is 0. The number of esters is 1. The Balaban J connectivity index is 1.66. The average Bonchev–Trinajstić information content (AvgIpc) is 2.96. The van der Waals surface area contributed by atoms with Crippen molar-refractivity contribution in [3.05, 3.63) is 30.3 Å². The first-order valence-corrected chi connectivity index (χ1v) is 17.7. The van der Waals surface area contributed by atoms with Crippen LogP contribution in [0.2, 0.25) is 0 Å². The first-order valence-electron chi connectivity index (χ1n) is 17.7. The summed E-state index contributed by atoms with van der Waals surface area (Å²) in [6, 6.07) is 9.35. The third-order valence-electron chi connectivity index (χ3n) is 8.25. The monoisotopic (exact) mass is 572 g/mol. The Morgan fingerprint density at radius 1 is 0.415 bits per heavy atom. The number of hydrogen-bond donors (Lipinski definition) is 1. The highest BCUT2D eigenvalue weighted by Gasteiger charge is 2.04. The molecular weight excluding hydrogens is 508 g/mol. The SMILES string of the molecule is O=C(O)CCCCCCCCCCCCCCCCCCCCCCCCCCCCCC(=O)Oc1ccccc1. The third-order valence-corrected chi connectivity index (χ3v) is 8.25. The smallest absolute Gasteiger partial charge is 0.311 e. The highest BCUT2D eigenvalue weighted by molar-refractivity contribution is 5.72. The van der Waals surface area contributed by atoms with Crippen molar-refractivity contribution in [1.29, 1.82) is 0 Å². The molecule has 0 saturated heterocycles. The van der Waals surface area contributed by atoms with E-state index in [4.69, 9.17) is 9.84 Å². The van der Waals surface area contributed by atoms with E-state index in [1.54, 1.807) is 0 Å². The van der Waals surface area contributed by atoms with Gasteiger partial charge in [0.25, 0.3) is 0 Å². The molecule has 0 bridgehead atoms. The van der Waals surface area contributed by atoms with Crippen LogP contribution in [0.5, 0.6) is 5.75 Å². The number of ether oxygens (including phenoxy) is 1. The molecule has 0 heterocycles. The van der Waals surface area contributed by atoms with Gasteiger partial charge in [0.05, 0.1) is 0 Å². The summed E-state index contributed by atoms with van der Waals surface area (Å²) in [5.41, 5.74) is 0. The Morgan fingerprint density at radius 3 is 0.976 bits per heavy atom. The van der Waals surface area contributed by atoms with Gasteiger partial charge in [-0.15, -0.1) is 0 Å². The van der Waals surface area contributed by atoms with Crippen LogP contribution in [0.1, 0.15) is 186 Å². The van der Waals surface area contributed by atoms with Gasteiger partial charge in [-0.3, -0.25) is 9.59 Å². The number of hydrogen-bond acceptors (Lipinski definition) is 3. The van der Waals surface area contributed by atoms with Crippen molar-refractivity contribution in [2.75, 3.05) is 0 Å². The van der Waals surface area contributed by atoms with Gasteiger partial charge in [0.2, 0.25) is 0 Å². The van der Waals surface area contributed by atoms with Crippen molar-refractivity contribution in [3.8, 4) is 5.75 Å². The average molecular weight is 573 g/mol. The molecule has 1 aromatic carbocycles. The van der Waals surface area contributed by atoms with Gasteiger partial charge < -0.3 is 9.84 Å². The van der Waals surface area contributed by atoms with Crippen molar-refractivity contribution >= 4 is 11.9 Å². The van der Waals surface area contributed by atoms with Crippen LogP contribution in [-0.4, -0.2) is 17.0 Å². The number of rotatable bonds is 31. The van der Waals surface area contributed by atoms with E-state index in [1.807, 2.05) is 30.3 Å². The molecule has 1 aromatic rings. The van der Waals surface area contributed by atoms with E-state index in [0.717, 1.165) is 25.7 Å². The van der Waals surface area contributed by atoms with Gasteiger partial charge in [-0.1, -0.05) is 179 Å². The number of aliphatic carboxylic acids is 1. The number of carboxylic acid groups (broad SMARTS) is 1. The summed E-state index contributed by atoms with van der Waals surface area (Å²) in [5.74, 6) is -0.119. The fraction of sp³-hybridized carbons (Fsp3) is 0.784. The van der Waals surface area contributed by atoms with Crippen LogP contribution in [0, 0.1) is 0 Å². The Kier molecular flexibility index (Phi) is 26.9. The summed E-state index contributed by atoms with van der Waals surface area (Å²) in [6.07, 6.45) is 36.5. The van der Waals surface area contributed by atoms with Crippen LogP contribution in [0.15, 0.2) is 30.3 Å². The van der Waals surface area contributed by atoms with E-state index in [0.29, 0.717) is 18.6 Å². The van der Waals surface area contributed by atoms with E-state index in [9.17, 15) is 9.59 Å². The maximum Gasteiger partial charge on any atom is 0.311 e. The zero-order chi connectivity index (χ0) is 29.5. The van der Waals surface area contributed by atoms with E-state index >= 15 is 0 Å². The predicted molar refractivity (Wildman–Crippen MR) is 174 cm³/mol. The van der Waals surface area contributed by atoms with Gasteiger partial charge in [0.1, 0.15) is 5.75 Å². The second-order valence-electron chi connectivity index (χ2n) is 12.2. The summed E-state index contributed by atoms with van der Waals surface area (Å²) < 4.78 is 5.33. The van der Waals surface area contributed by atoms with Crippen molar-refractivity contribution in [1.82, 2.24) is 0 Å². The normalized spacial score (nSPS) is 11.1. The number of carbonyl (C=O) groups excluding carboxylic acids is 1. The molecule has 0 saturated carbocycles. The number of benzene rings is 1. The summed E-state index contributed by atoms with van der Waals surface area (Å²) >= 11 is 0. The summed E-state index contributed by atoms with van der Waals surface area (Å²) in [7, 11) is 0. The Bertz CT molecular complexity index is 702. The number of unbranched alkanes of at least 4 members (excludes halogenated alkanes) is 26. The molecule has 0 radical (unpaired) electrons. The molecule has 1 rings (SSSR count). The first-order chi connectivity index (χ1) is 20.2. The van der Waals surface area contributed by atoms with Gasteiger partial charge in [0.15, 0.2) is 0 Å². The van der Waals surface area contributed by atoms with E-state index in [-0.39, 0.29) is 5.97 Å². The van der Waals surface area contributed by atoms with Crippen LogP contribution >= 0.6 is 0 Å². The molecule has 236 valence electrons. The molecule has 4 nitrogen and oxygen atoms in total. The quantitative estimate of drug-likeness (QED) is 0.0546. The van der Waals surface area contributed by atoms with Crippen LogP contribution in [0.25, 0.3) is 0 Å². The number of carbonyl (C=O) groups is 2. The topological polar surface area (TPSA) is 63.6 Å². The van der Waals surface area contributed by atoms with Crippen molar-refractivity contribution in [2.45, 2.75) is 186 Å². The first kappa shape index (κ1) is 37.2. The lowest BCUT2D eigenvalue weighted by Gasteiger charge is -2.05. The van der Waals surface area contributed by atoms with Gasteiger partial charge in [-0.2, -0.15) is 0 Å². The van der Waals surface area contributed by atoms with Gasteiger partial charge in [-0.25, -0.2) is 0 Å². The highest BCUT2D eigenvalue weighted by atomic mass is 16.5. The zero-order valence-corrected chi connectivity index (χ0v) is 26.6. The maximum absolute atomic E-state index is 11.8. The molecular formula is C37H64O4. The van der Waals surface area contributed by atoms with E-state index in [1.165, 1.54) is 148 Å². The minimum atomic E-state index is -0.656. The largest absolute Gasteiger partial charge is 0.481 e. The highest BCUT2D eigenvalue weighted by Crippen LogP contribution is 2.17. The van der Waals surface area contributed by atoms with Crippen LogP contribution in [0.3, 0.4) is 0 Å². The van der Waals surface area contributed by atoms with Crippen molar-refractivity contribution < 1.29 is 19.4 Å². The maximum atomic E-state index is 11.8. The minimum absolute atomic E-state index is 0.110. The Labute approximate surface area is 253 Å². The lowest BCUT2D eigenvalue weighted by atomic mass is 10.0. The molecule has 0 spiro atoms. The zero-order valence-electron chi connectivity index (χ0n) is 26.6. The molecule has 0 aromatic heterocycles. The fourth-order valence-corrected chi connectivity index (χ4v) is 5.64. The number of carboxylic acids is 1. The molecule has 0 aliphatic heterocycles. The second kappa shape index (κ2) is 29.6. The molecule has 41 heavy (non-hydrogen) atoms. The predicted octanol–water partition coefficient (Wildman–Crippen LogP) is 12.0. The van der Waals surface area contributed by atoms with Gasteiger partial charge in [-0.05, 0) is 25.0 Å². The lowest BCUT2D eigenvalue weighted by molar-refractivity contribution is -0.137. The molecule has 0 unspecified atom stereocenters. The summed E-state index contributed by atoms with van der Waals surface area (Å²) in [5, 5.41) is 8.63. The van der Waals surface area contributed by atoms with Crippen LogP contribution < -0.4 is 4.74 Å². The lowest BCUT2D eigenvalue weighted by Crippen LogP contribution is -2.07. The van der Waals surface area contributed by atoms with Crippen LogP contribution in [-0.2, 0) is 9.59 Å². The van der Waals surface area contributed by atoms with Crippen molar-refractivity contribution in [3.63, 3.8) is 0 Å². The van der Waals surface area contributed by atoms with Gasteiger partial charge in [0, 0.05) is 12.8 Å². The standard InChI is InChI=1S/C37H64O4/c38-36(39)33-29-24-22-20-18-16-14-12-10-8-6-4-2-1-3-5-7-9-11-13-15-17-19-21-23-25-30-34-37(40)41-35-31-27-26-28-32-35/h26-28,31-32H,1-25,29-30,33-34H2,(H,38,39). The Hall–Kier alpha value is -1.84. The molecule has 0 aliphatic rings. The molecule has 4 heteroatoms.